The van der Waals surface area contributed by atoms with Crippen LogP contribution < -0.4 is 0 Å². The second-order valence-corrected chi connectivity index (χ2v) is 7.37. The molecular formula is C18H26N2O4. The monoisotopic (exact) mass is 334 g/mol. The molecule has 0 radical (unpaired) electrons. The number of nitro groups is 1. The predicted molar refractivity (Wildman–Crippen MR) is 91.9 cm³/mol. The maximum atomic E-state index is 12.0. The molecule has 24 heavy (non-hydrogen) atoms. The highest BCUT2D eigenvalue weighted by Crippen LogP contribution is 2.24. The Morgan fingerprint density at radius 2 is 1.83 bits per heavy atom. The lowest BCUT2D eigenvalue weighted by atomic mass is 9.90. The maximum Gasteiger partial charge on any atom is 0.410 e. The Morgan fingerprint density at radius 3 is 2.33 bits per heavy atom. The Balaban J connectivity index is 1.75. The number of rotatable bonds is 4. The van der Waals surface area contributed by atoms with Gasteiger partial charge in [-0.25, -0.2) is 4.79 Å². The normalized spacial score (nSPS) is 16.0. The summed E-state index contributed by atoms with van der Waals surface area (Å²) in [7, 11) is 0. The molecule has 0 aliphatic carbocycles. The molecule has 1 aromatic rings. The van der Waals surface area contributed by atoms with Crippen molar-refractivity contribution in [3.8, 4) is 0 Å². The first-order valence-electron chi connectivity index (χ1n) is 8.46. The minimum absolute atomic E-state index is 0.129. The fourth-order valence-electron chi connectivity index (χ4n) is 2.89. The highest BCUT2D eigenvalue weighted by atomic mass is 16.6. The minimum Gasteiger partial charge on any atom is -0.444 e. The van der Waals surface area contributed by atoms with Crippen molar-refractivity contribution in [1.29, 1.82) is 0 Å². The molecule has 132 valence electrons. The highest BCUT2D eigenvalue weighted by Gasteiger charge is 2.26. The smallest absolute Gasteiger partial charge is 0.410 e. The van der Waals surface area contributed by atoms with E-state index >= 15 is 0 Å². The van der Waals surface area contributed by atoms with Crippen LogP contribution >= 0.6 is 0 Å². The predicted octanol–water partition coefficient (Wildman–Crippen LogP) is 4.17. The van der Waals surface area contributed by atoms with E-state index in [9.17, 15) is 14.9 Å². The Morgan fingerprint density at radius 1 is 1.25 bits per heavy atom. The molecule has 2 rings (SSSR count). The summed E-state index contributed by atoms with van der Waals surface area (Å²) in [6.07, 6.45) is 3.68. The van der Waals surface area contributed by atoms with Crippen LogP contribution in [0.4, 0.5) is 10.5 Å². The van der Waals surface area contributed by atoms with E-state index in [1.807, 2.05) is 32.9 Å². The maximum absolute atomic E-state index is 12.0. The van der Waals surface area contributed by atoms with E-state index < -0.39 is 5.60 Å². The average molecular weight is 334 g/mol. The van der Waals surface area contributed by atoms with Crippen LogP contribution in [0.1, 0.15) is 45.6 Å². The van der Waals surface area contributed by atoms with Crippen LogP contribution in [0.25, 0.3) is 0 Å². The quantitative estimate of drug-likeness (QED) is 0.612. The lowest BCUT2D eigenvalue weighted by Crippen LogP contribution is -2.41. The molecule has 0 saturated carbocycles. The lowest BCUT2D eigenvalue weighted by molar-refractivity contribution is -0.384. The molecule has 6 heteroatoms. The number of hydrogen-bond acceptors (Lipinski definition) is 4. The number of piperidine rings is 1. The van der Waals surface area contributed by atoms with E-state index in [1.54, 1.807) is 17.0 Å². The lowest BCUT2D eigenvalue weighted by Gasteiger charge is -2.33. The SMILES string of the molecule is CC(C)(C)OC(=O)N1CCC(CCc2ccc([N+](=O)[O-])cc2)CC1. The highest BCUT2D eigenvalue weighted by molar-refractivity contribution is 5.68. The Bertz CT molecular complexity index is 570. The average Bonchev–Trinajstić information content (AvgIpc) is 2.52. The van der Waals surface area contributed by atoms with Gasteiger partial charge < -0.3 is 9.64 Å². The first kappa shape index (κ1) is 18.2. The molecule has 6 nitrogen and oxygen atoms in total. The number of amides is 1. The molecule has 1 aliphatic rings. The number of non-ortho nitro benzene ring substituents is 1. The number of carbonyl (C=O) groups is 1. The summed E-state index contributed by atoms with van der Waals surface area (Å²) in [6, 6.07) is 6.77. The molecule has 1 saturated heterocycles. The van der Waals surface area contributed by atoms with Crippen LogP contribution in [0.2, 0.25) is 0 Å². The summed E-state index contributed by atoms with van der Waals surface area (Å²) in [5.74, 6) is 0.582. The largest absolute Gasteiger partial charge is 0.444 e. The van der Waals surface area contributed by atoms with Crippen molar-refractivity contribution >= 4 is 11.8 Å². The summed E-state index contributed by atoms with van der Waals surface area (Å²) in [6.45, 7) is 7.10. The molecule has 1 fully saturated rings. The minimum atomic E-state index is -0.455. The van der Waals surface area contributed by atoms with Gasteiger partial charge in [0.05, 0.1) is 4.92 Å². The molecule has 0 atom stereocenters. The second kappa shape index (κ2) is 7.64. The van der Waals surface area contributed by atoms with Crippen LogP contribution in [-0.2, 0) is 11.2 Å². The van der Waals surface area contributed by atoms with Crippen molar-refractivity contribution in [2.24, 2.45) is 5.92 Å². The third kappa shape index (κ3) is 5.51. The number of benzene rings is 1. The van der Waals surface area contributed by atoms with Crippen LogP contribution in [0.5, 0.6) is 0 Å². The second-order valence-electron chi connectivity index (χ2n) is 7.37. The van der Waals surface area contributed by atoms with E-state index in [4.69, 9.17) is 4.74 Å². The Labute approximate surface area is 142 Å². The van der Waals surface area contributed by atoms with Gasteiger partial charge in [0, 0.05) is 25.2 Å². The van der Waals surface area contributed by atoms with Gasteiger partial charge in [0.15, 0.2) is 0 Å². The number of hydrogen-bond donors (Lipinski definition) is 0. The molecule has 1 amide bonds. The van der Waals surface area contributed by atoms with Gasteiger partial charge >= 0.3 is 6.09 Å². The molecule has 0 N–H and O–H groups in total. The number of aryl methyl sites for hydroxylation is 1. The summed E-state index contributed by atoms with van der Waals surface area (Å²) < 4.78 is 5.40. The van der Waals surface area contributed by atoms with Crippen LogP contribution in [-0.4, -0.2) is 34.6 Å². The van der Waals surface area contributed by atoms with Gasteiger partial charge in [0.2, 0.25) is 0 Å². The molecular weight excluding hydrogens is 308 g/mol. The number of likely N-dealkylation sites (tertiary alicyclic amines) is 1. The van der Waals surface area contributed by atoms with Gasteiger partial charge in [-0.05, 0) is 57.9 Å². The number of nitro benzene ring substituents is 1. The Hall–Kier alpha value is -2.11. The molecule has 1 aliphatic heterocycles. The van der Waals surface area contributed by atoms with Gasteiger partial charge in [0.25, 0.3) is 5.69 Å². The van der Waals surface area contributed by atoms with Crippen LogP contribution in [0.15, 0.2) is 24.3 Å². The summed E-state index contributed by atoms with van der Waals surface area (Å²) in [4.78, 5) is 24.1. The summed E-state index contributed by atoms with van der Waals surface area (Å²) in [5, 5.41) is 10.7. The van der Waals surface area contributed by atoms with Crippen molar-refractivity contribution in [1.82, 2.24) is 4.90 Å². The fraction of sp³-hybridized carbons (Fsp3) is 0.611. The molecule has 0 bridgehead atoms. The van der Waals surface area contributed by atoms with Gasteiger partial charge in [-0.1, -0.05) is 12.1 Å². The fourth-order valence-corrected chi connectivity index (χ4v) is 2.89. The van der Waals surface area contributed by atoms with Crippen molar-refractivity contribution in [3.63, 3.8) is 0 Å². The summed E-state index contributed by atoms with van der Waals surface area (Å²) >= 11 is 0. The molecule has 1 aromatic carbocycles. The number of nitrogens with zero attached hydrogens (tertiary/aromatic N) is 2. The standard InChI is InChI=1S/C18H26N2O4/c1-18(2,3)24-17(21)19-12-10-15(11-13-19)5-4-14-6-8-16(9-7-14)20(22)23/h6-9,15H,4-5,10-13H2,1-3H3. The van der Waals surface area contributed by atoms with Crippen molar-refractivity contribution in [2.75, 3.05) is 13.1 Å². The zero-order valence-electron chi connectivity index (χ0n) is 14.7. The zero-order chi connectivity index (χ0) is 17.7. The Kier molecular flexibility index (Phi) is 5.80. The third-order valence-electron chi connectivity index (χ3n) is 4.25. The van der Waals surface area contributed by atoms with Crippen LogP contribution in [0.3, 0.4) is 0 Å². The molecule has 0 unspecified atom stereocenters. The number of ether oxygens (including phenoxy) is 1. The first-order valence-corrected chi connectivity index (χ1v) is 8.46. The van der Waals surface area contributed by atoms with E-state index in [1.165, 1.54) is 0 Å². The van der Waals surface area contributed by atoms with E-state index in [0.717, 1.165) is 44.3 Å². The van der Waals surface area contributed by atoms with Crippen LogP contribution in [0, 0.1) is 16.0 Å². The molecule has 0 aromatic heterocycles. The van der Waals surface area contributed by atoms with E-state index in [-0.39, 0.29) is 16.7 Å². The first-order chi connectivity index (χ1) is 11.2. The van der Waals surface area contributed by atoms with Crippen molar-refractivity contribution < 1.29 is 14.5 Å². The molecule has 0 spiro atoms. The van der Waals surface area contributed by atoms with E-state index in [0.29, 0.717) is 5.92 Å². The van der Waals surface area contributed by atoms with Crippen molar-refractivity contribution in [3.05, 3.63) is 39.9 Å². The van der Waals surface area contributed by atoms with E-state index in [2.05, 4.69) is 0 Å². The van der Waals surface area contributed by atoms with Gasteiger partial charge in [-0.3, -0.25) is 10.1 Å². The topological polar surface area (TPSA) is 72.7 Å². The van der Waals surface area contributed by atoms with Gasteiger partial charge in [-0.2, -0.15) is 0 Å². The van der Waals surface area contributed by atoms with Gasteiger partial charge in [-0.15, -0.1) is 0 Å². The van der Waals surface area contributed by atoms with Crippen molar-refractivity contribution in [2.45, 2.75) is 52.1 Å². The summed E-state index contributed by atoms with van der Waals surface area (Å²) in [5.41, 5.74) is 0.795. The number of carbonyl (C=O) groups excluding carboxylic acids is 1. The van der Waals surface area contributed by atoms with Gasteiger partial charge in [0.1, 0.15) is 5.60 Å². The third-order valence-corrected chi connectivity index (χ3v) is 4.25. The zero-order valence-corrected chi connectivity index (χ0v) is 14.7. The molecule has 1 heterocycles.